The molecule has 1 saturated carbocycles. The van der Waals surface area contributed by atoms with E-state index in [0.29, 0.717) is 12.3 Å². The molecule has 0 aromatic heterocycles. The van der Waals surface area contributed by atoms with Crippen LogP contribution in [0.4, 0.5) is 4.79 Å². The van der Waals surface area contributed by atoms with Crippen molar-refractivity contribution in [2.24, 2.45) is 5.92 Å². The van der Waals surface area contributed by atoms with Crippen LogP contribution >= 0.6 is 0 Å². The third-order valence-corrected chi connectivity index (χ3v) is 6.84. The van der Waals surface area contributed by atoms with Crippen LogP contribution in [0.2, 0.25) is 0 Å². The Labute approximate surface area is 163 Å². The summed E-state index contributed by atoms with van der Waals surface area (Å²) >= 11 is 0. The van der Waals surface area contributed by atoms with Gasteiger partial charge in [0.1, 0.15) is 5.60 Å². The lowest BCUT2D eigenvalue weighted by molar-refractivity contribution is -0.0349. The largest absolute Gasteiger partial charge is 0.444 e. The summed E-state index contributed by atoms with van der Waals surface area (Å²) in [5.74, 6) is 3.33. The minimum atomic E-state index is -0.450. The van der Waals surface area contributed by atoms with Gasteiger partial charge in [-0.25, -0.2) is 4.79 Å². The molecule has 3 nitrogen and oxygen atoms in total. The van der Waals surface area contributed by atoms with E-state index < -0.39 is 5.60 Å². The second kappa shape index (κ2) is 6.59. The summed E-state index contributed by atoms with van der Waals surface area (Å²) < 4.78 is 5.75. The number of piperidine rings is 1. The summed E-state index contributed by atoms with van der Waals surface area (Å²) in [7, 11) is 0. The number of benzene rings is 1. The first-order chi connectivity index (χ1) is 12.8. The highest BCUT2D eigenvalue weighted by molar-refractivity contribution is 5.69. The van der Waals surface area contributed by atoms with E-state index >= 15 is 0 Å². The van der Waals surface area contributed by atoms with E-state index in [4.69, 9.17) is 11.2 Å². The number of amides is 1. The lowest BCUT2D eigenvalue weighted by Crippen LogP contribution is -2.62. The van der Waals surface area contributed by atoms with Gasteiger partial charge in [-0.3, -0.25) is 0 Å². The number of rotatable bonds is 1. The monoisotopic (exact) mass is 365 g/mol. The highest BCUT2D eigenvalue weighted by atomic mass is 16.6. The maximum atomic E-state index is 12.9. The molecule has 3 aliphatic rings. The summed E-state index contributed by atoms with van der Waals surface area (Å²) in [6.07, 6.45) is 13.1. The van der Waals surface area contributed by atoms with E-state index in [1.165, 1.54) is 42.4 Å². The molecule has 0 unspecified atom stereocenters. The fourth-order valence-electron chi connectivity index (χ4n) is 5.83. The Balaban J connectivity index is 1.72. The topological polar surface area (TPSA) is 29.5 Å². The van der Waals surface area contributed by atoms with Gasteiger partial charge in [-0.1, -0.05) is 31.0 Å². The molecule has 1 aromatic rings. The van der Waals surface area contributed by atoms with E-state index in [1.54, 1.807) is 0 Å². The quantitative estimate of drug-likeness (QED) is 0.666. The molecular formula is C24H31NO2. The molecule has 0 spiro atoms. The van der Waals surface area contributed by atoms with Crippen molar-refractivity contribution in [1.82, 2.24) is 4.90 Å². The molecule has 0 radical (unpaired) electrons. The lowest BCUT2D eigenvalue weighted by atomic mass is 9.52. The van der Waals surface area contributed by atoms with Crippen LogP contribution < -0.4 is 0 Å². The predicted molar refractivity (Wildman–Crippen MR) is 108 cm³/mol. The zero-order valence-electron chi connectivity index (χ0n) is 16.9. The fraction of sp³-hybridized carbons (Fsp3) is 0.625. The third-order valence-electron chi connectivity index (χ3n) is 6.84. The highest BCUT2D eigenvalue weighted by Crippen LogP contribution is 2.56. The van der Waals surface area contributed by atoms with Crippen molar-refractivity contribution in [3.05, 3.63) is 34.9 Å². The smallest absolute Gasteiger partial charge is 0.410 e. The molecule has 3 atom stereocenters. The number of hydrogen-bond donors (Lipinski definition) is 0. The van der Waals surface area contributed by atoms with Crippen LogP contribution in [-0.2, 0) is 23.0 Å². The Bertz CT molecular complexity index is 785. The predicted octanol–water partition coefficient (Wildman–Crippen LogP) is 4.86. The Morgan fingerprint density at radius 2 is 2.15 bits per heavy atom. The van der Waals surface area contributed by atoms with Gasteiger partial charge in [0.2, 0.25) is 0 Å². The number of carbonyl (C=O) groups is 1. The van der Waals surface area contributed by atoms with Crippen LogP contribution in [0.25, 0.3) is 0 Å². The van der Waals surface area contributed by atoms with E-state index in [-0.39, 0.29) is 17.6 Å². The van der Waals surface area contributed by atoms with Crippen molar-refractivity contribution in [2.45, 2.75) is 82.8 Å². The molecule has 1 aromatic carbocycles. The number of likely N-dealkylation sites (tertiary alicyclic amines) is 1. The second-order valence-corrected chi connectivity index (χ2v) is 9.58. The minimum absolute atomic E-state index is 0.140. The second-order valence-electron chi connectivity index (χ2n) is 9.58. The van der Waals surface area contributed by atoms with Crippen molar-refractivity contribution in [3.63, 3.8) is 0 Å². The van der Waals surface area contributed by atoms with Crippen LogP contribution in [0.5, 0.6) is 0 Å². The molecule has 2 fully saturated rings. The van der Waals surface area contributed by atoms with Crippen molar-refractivity contribution < 1.29 is 9.53 Å². The molecule has 3 heteroatoms. The van der Waals surface area contributed by atoms with E-state index in [2.05, 4.69) is 24.1 Å². The highest BCUT2D eigenvalue weighted by Gasteiger charge is 2.55. The fourth-order valence-corrected chi connectivity index (χ4v) is 5.83. The molecule has 1 heterocycles. The molecular weight excluding hydrogens is 334 g/mol. The van der Waals surface area contributed by atoms with Gasteiger partial charge in [0.25, 0.3) is 0 Å². The average Bonchev–Trinajstić information content (AvgIpc) is 2.61. The number of carbonyl (C=O) groups excluding carboxylic acids is 1. The van der Waals surface area contributed by atoms with Gasteiger partial charge >= 0.3 is 6.09 Å². The number of fused-ring (bicyclic) bond motifs is 1. The first-order valence-electron chi connectivity index (χ1n) is 10.4. The summed E-state index contributed by atoms with van der Waals surface area (Å²) in [4.78, 5) is 15.0. The molecule has 144 valence electrons. The maximum Gasteiger partial charge on any atom is 0.410 e. The van der Waals surface area contributed by atoms with Crippen LogP contribution in [0.1, 0.15) is 69.6 Å². The van der Waals surface area contributed by atoms with Crippen LogP contribution in [0.15, 0.2) is 18.2 Å². The first-order valence-corrected chi connectivity index (χ1v) is 10.4. The first kappa shape index (κ1) is 18.4. The Kier molecular flexibility index (Phi) is 4.49. The number of terminal acetylenes is 1. The van der Waals surface area contributed by atoms with Crippen LogP contribution in [0.3, 0.4) is 0 Å². The SMILES string of the molecule is C#CCc1ccc2c(c1)[C@@]13CCCC[C@H]1[C@@H](C2)N(C(=O)OC(C)(C)C)CC3. The summed E-state index contributed by atoms with van der Waals surface area (Å²) in [5, 5.41) is 0. The Morgan fingerprint density at radius 1 is 1.33 bits per heavy atom. The molecule has 2 aliphatic carbocycles. The summed E-state index contributed by atoms with van der Waals surface area (Å²) in [5.41, 5.74) is 3.96. The van der Waals surface area contributed by atoms with Gasteiger partial charge in [0, 0.05) is 24.4 Å². The van der Waals surface area contributed by atoms with Gasteiger partial charge in [-0.05, 0) is 69.1 Å². The van der Waals surface area contributed by atoms with E-state index in [0.717, 1.165) is 19.4 Å². The number of hydrogen-bond acceptors (Lipinski definition) is 2. The van der Waals surface area contributed by atoms with Crippen molar-refractivity contribution in [3.8, 4) is 12.3 Å². The molecule has 0 N–H and O–H groups in total. The van der Waals surface area contributed by atoms with Crippen molar-refractivity contribution >= 4 is 6.09 Å². The third kappa shape index (κ3) is 3.14. The molecule has 1 saturated heterocycles. The molecule has 1 aliphatic heterocycles. The number of ether oxygens (including phenoxy) is 1. The van der Waals surface area contributed by atoms with Gasteiger partial charge in [0.05, 0.1) is 0 Å². The lowest BCUT2D eigenvalue weighted by Gasteiger charge is -2.58. The normalized spacial score (nSPS) is 29.3. The molecule has 27 heavy (non-hydrogen) atoms. The van der Waals surface area contributed by atoms with Gasteiger partial charge in [0.15, 0.2) is 0 Å². The van der Waals surface area contributed by atoms with Crippen LogP contribution in [0, 0.1) is 18.3 Å². The zero-order valence-corrected chi connectivity index (χ0v) is 16.9. The zero-order chi connectivity index (χ0) is 19.2. The maximum absolute atomic E-state index is 12.9. The van der Waals surface area contributed by atoms with E-state index in [9.17, 15) is 4.79 Å². The van der Waals surface area contributed by atoms with E-state index in [1.807, 2.05) is 25.7 Å². The molecule has 1 amide bonds. The summed E-state index contributed by atoms with van der Waals surface area (Å²) in [6.45, 7) is 6.64. The van der Waals surface area contributed by atoms with Crippen molar-refractivity contribution in [1.29, 1.82) is 0 Å². The Hall–Kier alpha value is -1.95. The molecule has 2 bridgehead atoms. The van der Waals surface area contributed by atoms with Crippen LogP contribution in [-0.4, -0.2) is 29.2 Å². The van der Waals surface area contributed by atoms with Gasteiger partial charge < -0.3 is 9.64 Å². The number of nitrogens with zero attached hydrogens (tertiary/aromatic N) is 1. The molecule has 4 rings (SSSR count). The Morgan fingerprint density at radius 3 is 2.89 bits per heavy atom. The summed E-state index contributed by atoms with van der Waals surface area (Å²) in [6, 6.07) is 7.08. The standard InChI is InChI=1S/C24H31NO2/c1-5-8-17-10-11-18-16-21-19-9-6-7-12-24(19,20(18)15-17)13-14-25(21)22(26)27-23(2,3)4/h1,10-11,15,19,21H,6-9,12-14,16H2,2-4H3/t19-,21+,24+/m0/s1. The van der Waals surface area contributed by atoms with Gasteiger partial charge in [-0.15, -0.1) is 12.3 Å². The van der Waals surface area contributed by atoms with Gasteiger partial charge in [-0.2, -0.15) is 0 Å². The van der Waals surface area contributed by atoms with Crippen molar-refractivity contribution in [2.75, 3.05) is 6.54 Å². The minimum Gasteiger partial charge on any atom is -0.444 e. The average molecular weight is 366 g/mol.